The summed E-state index contributed by atoms with van der Waals surface area (Å²) in [5.74, 6) is -1.42. The van der Waals surface area contributed by atoms with Crippen molar-refractivity contribution in [2.24, 2.45) is 9.98 Å². The Bertz CT molecular complexity index is 2000. The summed E-state index contributed by atoms with van der Waals surface area (Å²) in [7, 11) is 0. The maximum atomic E-state index is 13.4. The highest BCUT2D eigenvalue weighted by molar-refractivity contribution is 6.31. The normalized spacial score (nSPS) is 12.6. The zero-order chi connectivity index (χ0) is 38.6. The van der Waals surface area contributed by atoms with Crippen molar-refractivity contribution in [2.75, 3.05) is 12.4 Å². The number of aliphatic hydroxyl groups is 1. The minimum absolute atomic E-state index is 0.192. The summed E-state index contributed by atoms with van der Waals surface area (Å²) in [5, 5.41) is 14.8. The van der Waals surface area contributed by atoms with Gasteiger partial charge in [0.1, 0.15) is 36.6 Å². The lowest BCUT2D eigenvalue weighted by Gasteiger charge is -2.18. The Morgan fingerprint density at radius 3 is 1.83 bits per heavy atom. The number of ketones is 1. The van der Waals surface area contributed by atoms with Crippen molar-refractivity contribution in [1.82, 2.24) is 24.7 Å². The van der Waals surface area contributed by atoms with Gasteiger partial charge in [0.25, 0.3) is 0 Å². The summed E-state index contributed by atoms with van der Waals surface area (Å²) in [6.45, 7) is 0.585. The van der Waals surface area contributed by atoms with Gasteiger partial charge in [-0.25, -0.2) is 19.9 Å². The van der Waals surface area contributed by atoms with Gasteiger partial charge in [0.05, 0.1) is 30.1 Å². The highest BCUT2D eigenvalue weighted by Gasteiger charge is 2.37. The fourth-order valence-electron chi connectivity index (χ4n) is 4.12. The molecule has 4 heterocycles. The molecule has 0 aliphatic carbocycles. The molecule has 0 saturated heterocycles. The summed E-state index contributed by atoms with van der Waals surface area (Å²) >= 11 is 16.8. The molecular weight excluding hydrogens is 779 g/mol. The van der Waals surface area contributed by atoms with E-state index in [9.17, 15) is 36.2 Å². The number of carbonyl (C=O) groups is 1. The molecule has 1 N–H and O–H groups in total. The van der Waals surface area contributed by atoms with E-state index in [1.54, 1.807) is 12.6 Å². The third-order valence-electron chi connectivity index (χ3n) is 6.52. The van der Waals surface area contributed by atoms with Crippen LogP contribution in [0, 0.1) is 0 Å². The van der Waals surface area contributed by atoms with Crippen molar-refractivity contribution >= 4 is 53.1 Å². The Morgan fingerprint density at radius 1 is 0.849 bits per heavy atom. The van der Waals surface area contributed by atoms with Crippen molar-refractivity contribution in [3.8, 4) is 23.3 Å². The van der Waals surface area contributed by atoms with E-state index >= 15 is 0 Å². The molecule has 1 aliphatic rings. The number of aliphatic hydroxyl groups excluding tert-OH is 1. The van der Waals surface area contributed by atoms with E-state index in [-0.39, 0.29) is 35.4 Å². The minimum atomic E-state index is -4.72. The van der Waals surface area contributed by atoms with Gasteiger partial charge in [0.2, 0.25) is 11.8 Å². The van der Waals surface area contributed by atoms with Gasteiger partial charge in [-0.1, -0.05) is 23.2 Å². The van der Waals surface area contributed by atoms with Gasteiger partial charge < -0.3 is 14.6 Å². The highest BCUT2D eigenvalue weighted by atomic mass is 35.5. The summed E-state index contributed by atoms with van der Waals surface area (Å²) in [6.07, 6.45) is -3.31. The van der Waals surface area contributed by atoms with Crippen LogP contribution in [0.4, 0.5) is 26.3 Å². The van der Waals surface area contributed by atoms with Crippen LogP contribution in [0.3, 0.4) is 0 Å². The zero-order valence-electron chi connectivity index (χ0n) is 26.6. The lowest BCUT2D eigenvalue weighted by molar-refractivity contribution is -0.139. The number of hydrogen-bond donors (Lipinski definition) is 1. The molecule has 0 radical (unpaired) electrons. The second-order valence-electron chi connectivity index (χ2n) is 10.3. The molecule has 11 nitrogen and oxygen atoms in total. The zero-order valence-corrected chi connectivity index (χ0v) is 28.9. The van der Waals surface area contributed by atoms with Crippen LogP contribution in [0.2, 0.25) is 10.0 Å². The molecular formula is C33H24Cl3F6N7O4. The average Bonchev–Trinajstić information content (AvgIpc) is 3.88. The average molecular weight is 803 g/mol. The van der Waals surface area contributed by atoms with Gasteiger partial charge in [0.15, 0.2) is 5.78 Å². The summed E-state index contributed by atoms with van der Waals surface area (Å²) < 4.78 is 91.1. The van der Waals surface area contributed by atoms with Crippen molar-refractivity contribution in [1.29, 1.82) is 0 Å². The van der Waals surface area contributed by atoms with Crippen molar-refractivity contribution in [3.63, 3.8) is 0 Å². The van der Waals surface area contributed by atoms with Crippen LogP contribution in [0.1, 0.15) is 33.2 Å². The molecule has 1 aliphatic heterocycles. The number of halogens is 9. The number of aromatic nitrogens is 5. The molecule has 0 spiro atoms. The van der Waals surface area contributed by atoms with Gasteiger partial charge in [0, 0.05) is 51.9 Å². The number of ether oxygens (including phenoxy) is 2. The monoisotopic (exact) mass is 801 g/mol. The number of rotatable bonds is 9. The van der Waals surface area contributed by atoms with Crippen LogP contribution < -0.4 is 9.47 Å². The van der Waals surface area contributed by atoms with E-state index in [0.717, 1.165) is 25.0 Å². The third-order valence-corrected chi connectivity index (χ3v) is 7.27. The number of aliphatic imine (C=N–C) groups is 2. The number of Topliss-reactive ketones (excluding diaryl/α,β-unsaturated/α-hetero) is 1. The van der Waals surface area contributed by atoms with E-state index in [0.29, 0.717) is 16.1 Å². The molecule has 5 aromatic rings. The molecule has 53 heavy (non-hydrogen) atoms. The molecule has 1 unspecified atom stereocenters. The predicted octanol–water partition coefficient (Wildman–Crippen LogP) is 8.94. The van der Waals surface area contributed by atoms with E-state index in [1.807, 2.05) is 0 Å². The SMILES string of the molecule is C1=NC=NC1.O=C(CCl)c1cnc(Oc2ccc(Cl)cc2)cc1C(F)(F)F.OC(Cn1cncn1)c1cnc(Oc2ccc(Cl)cc2)cc1C(F)(F)F. The number of carbonyl (C=O) groups excluding carboxylic acids is 1. The number of pyridine rings is 2. The fourth-order valence-corrected chi connectivity index (χ4v) is 4.52. The number of hydrogen-bond acceptors (Lipinski definition) is 10. The Morgan fingerprint density at radius 2 is 1.40 bits per heavy atom. The predicted molar refractivity (Wildman–Crippen MR) is 183 cm³/mol. The van der Waals surface area contributed by atoms with Crippen LogP contribution >= 0.6 is 34.8 Å². The van der Waals surface area contributed by atoms with Gasteiger partial charge in [-0.2, -0.15) is 31.4 Å². The first-order valence-corrected chi connectivity index (χ1v) is 16.0. The first-order chi connectivity index (χ1) is 25.1. The lowest BCUT2D eigenvalue weighted by Crippen LogP contribution is -2.16. The Kier molecular flexibility index (Phi) is 14.3. The van der Waals surface area contributed by atoms with E-state index in [2.05, 4.69) is 30.0 Å². The van der Waals surface area contributed by atoms with Gasteiger partial charge in [-0.15, -0.1) is 11.6 Å². The smallest absolute Gasteiger partial charge is 0.417 e. The van der Waals surface area contributed by atoms with Crippen molar-refractivity contribution in [3.05, 3.63) is 118 Å². The summed E-state index contributed by atoms with van der Waals surface area (Å²) in [4.78, 5) is 30.1. The first kappa shape index (κ1) is 40.7. The van der Waals surface area contributed by atoms with Crippen LogP contribution in [0.5, 0.6) is 23.3 Å². The maximum Gasteiger partial charge on any atom is 0.417 e. The summed E-state index contributed by atoms with van der Waals surface area (Å²) in [6, 6.07) is 13.5. The number of alkyl halides is 7. The number of benzene rings is 2. The van der Waals surface area contributed by atoms with Crippen LogP contribution in [-0.2, 0) is 18.9 Å². The quantitative estimate of drug-likeness (QED) is 0.0887. The molecule has 278 valence electrons. The minimum Gasteiger partial charge on any atom is -0.439 e. The molecule has 6 rings (SSSR count). The molecule has 3 aromatic heterocycles. The highest BCUT2D eigenvalue weighted by Crippen LogP contribution is 2.38. The first-order valence-electron chi connectivity index (χ1n) is 14.7. The van der Waals surface area contributed by atoms with Crippen molar-refractivity contribution < 1.29 is 45.7 Å². The van der Waals surface area contributed by atoms with E-state index in [1.165, 1.54) is 65.9 Å². The molecule has 0 saturated carbocycles. The number of nitrogens with zero attached hydrogens (tertiary/aromatic N) is 7. The van der Waals surface area contributed by atoms with Gasteiger partial charge >= 0.3 is 12.4 Å². The van der Waals surface area contributed by atoms with Crippen LogP contribution in [-0.4, -0.2) is 60.6 Å². The largest absolute Gasteiger partial charge is 0.439 e. The Labute approximate surface area is 311 Å². The fraction of sp³-hybridized carbons (Fsp3) is 0.182. The molecule has 0 amide bonds. The third kappa shape index (κ3) is 12.5. The summed E-state index contributed by atoms with van der Waals surface area (Å²) in [5.41, 5.74) is -3.15. The molecule has 0 fully saturated rings. The van der Waals surface area contributed by atoms with Crippen LogP contribution in [0.15, 0.2) is 95.7 Å². The Balaban J connectivity index is 0.000000211. The standard InChI is InChI=1S/C16H12ClF3N4O2.C14H8Cl2F3NO2.C3H4N2/c17-10-1-3-11(4-2-10)26-15-5-13(16(18,19)20)12(6-22-15)14(25)7-24-9-21-8-23-24;15-6-12(21)10-7-20-13(5-11(10)14(17,18)19)22-9-3-1-8(16)2-4-9;1-2-5-3-4-1/h1-6,8-9,14,25H,7H2;1-5,7H,6H2;1,3H,2H2. The van der Waals surface area contributed by atoms with Gasteiger partial charge in [-0.05, 0) is 48.5 Å². The second-order valence-corrected chi connectivity index (χ2v) is 11.4. The maximum absolute atomic E-state index is 13.4. The van der Waals surface area contributed by atoms with Crippen LogP contribution in [0.25, 0.3) is 0 Å². The molecule has 0 bridgehead atoms. The van der Waals surface area contributed by atoms with E-state index in [4.69, 9.17) is 44.3 Å². The topological polar surface area (TPSA) is 137 Å². The molecule has 20 heteroatoms. The van der Waals surface area contributed by atoms with E-state index < -0.39 is 46.8 Å². The van der Waals surface area contributed by atoms with Gasteiger partial charge in [-0.3, -0.25) is 14.5 Å². The lowest BCUT2D eigenvalue weighted by atomic mass is 10.0. The van der Waals surface area contributed by atoms with Crippen molar-refractivity contribution in [2.45, 2.75) is 25.0 Å². The molecule has 2 aromatic carbocycles. The molecule has 1 atom stereocenters. The Hall–Kier alpha value is -5.10. The second kappa shape index (κ2) is 18.6.